The van der Waals surface area contributed by atoms with Crippen molar-refractivity contribution in [3.8, 4) is 0 Å². The molecule has 0 amide bonds. The van der Waals surface area contributed by atoms with Gasteiger partial charge in [0.1, 0.15) is 12.1 Å². The van der Waals surface area contributed by atoms with Gasteiger partial charge in [-0.3, -0.25) is 9.78 Å². The molecule has 3 aromatic carbocycles. The number of aliphatic hydroxyl groups is 1. The van der Waals surface area contributed by atoms with Crippen molar-refractivity contribution in [2.75, 3.05) is 0 Å². The maximum atomic E-state index is 14.2. The number of carbonyl (C=O) groups is 1. The number of benzene rings is 3. The average molecular weight is 787 g/mol. The second-order valence-corrected chi connectivity index (χ2v) is 17.5. The molecule has 0 atom stereocenters. The zero-order chi connectivity index (χ0) is 31.1. The number of hydrogen-bond donors (Lipinski definition) is 1. The van der Waals surface area contributed by atoms with Gasteiger partial charge in [-0.1, -0.05) is 64.0 Å². The molecule has 44 heavy (non-hydrogen) atoms. The van der Waals surface area contributed by atoms with Gasteiger partial charge in [-0.15, -0.1) is 23.6 Å². The third-order valence-electron chi connectivity index (χ3n) is 8.83. The van der Waals surface area contributed by atoms with Crippen molar-refractivity contribution in [3.63, 3.8) is 0 Å². The normalized spacial score (nSPS) is 12.5. The van der Waals surface area contributed by atoms with E-state index in [1.165, 1.54) is 17.3 Å². The molecule has 0 bridgehead atoms. The smallest absolute Gasteiger partial charge is 0.162 e. The monoisotopic (exact) mass is 787 g/mol. The Morgan fingerprint density at radius 3 is 2.27 bits per heavy atom. The first-order valence-corrected chi connectivity index (χ1v) is 18.9. The van der Waals surface area contributed by atoms with E-state index in [-0.39, 0.29) is 49.3 Å². The molecule has 0 spiro atoms. The van der Waals surface area contributed by atoms with Gasteiger partial charge in [0.25, 0.3) is 0 Å². The van der Waals surface area contributed by atoms with Crippen LogP contribution < -0.4 is 5.19 Å². The predicted octanol–water partition coefficient (Wildman–Crippen LogP) is 9.13. The number of rotatable bonds is 8. The topological polar surface area (TPSA) is 67.5 Å². The fraction of sp³-hybridized carbons (Fsp3) is 0.361. The van der Waals surface area contributed by atoms with E-state index in [2.05, 4.69) is 58.3 Å². The molecule has 1 N–H and O–H groups in total. The van der Waals surface area contributed by atoms with Crippen LogP contribution in [0.25, 0.3) is 49.1 Å². The Kier molecular flexibility index (Phi) is 10.3. The van der Waals surface area contributed by atoms with Crippen LogP contribution in [0.3, 0.4) is 0 Å². The summed E-state index contributed by atoms with van der Waals surface area (Å²) in [5.74, 6) is 0.316. The molecule has 3 aromatic heterocycles. The Bertz CT molecular complexity index is 1970. The van der Waals surface area contributed by atoms with Crippen LogP contribution in [0.5, 0.6) is 0 Å². The number of allylic oxidation sites excluding steroid dienone is 2. The Morgan fingerprint density at radius 1 is 0.955 bits per heavy atom. The summed E-state index contributed by atoms with van der Waals surface area (Å²) in [6.45, 7) is 15.1. The number of ketones is 1. The van der Waals surface area contributed by atoms with E-state index in [0.29, 0.717) is 0 Å². The van der Waals surface area contributed by atoms with Crippen molar-refractivity contribution in [1.29, 1.82) is 0 Å². The van der Waals surface area contributed by atoms with Crippen LogP contribution in [-0.4, -0.2) is 33.3 Å². The van der Waals surface area contributed by atoms with Crippen molar-refractivity contribution in [3.05, 3.63) is 72.5 Å². The number of hydrogen-bond acceptors (Lipinski definition) is 4. The second kappa shape index (κ2) is 13.4. The standard InChI is InChI=1S/C23H17FN3Si.C13H24O2.Ir/c1-28(2,3)14-10-18-21-20(11-14)27-19-9-13(24)7-8-15(19)16-5-4-6-17(23(16)27)22(21)26-12-25-18;1-5-10(6-2)12(14)9-13(15)11(7-3)8-4;/h4-5,7-12H,1-3H3;9-11,14H,5-8H2,1-4H3;/q-1;;/b;12-9-;. The van der Waals surface area contributed by atoms with E-state index < -0.39 is 8.07 Å². The van der Waals surface area contributed by atoms with Crippen LogP contribution in [0, 0.1) is 23.7 Å². The molecule has 233 valence electrons. The minimum atomic E-state index is -1.58. The fourth-order valence-corrected chi connectivity index (χ4v) is 7.30. The summed E-state index contributed by atoms with van der Waals surface area (Å²) in [5, 5.41) is 15.2. The van der Waals surface area contributed by atoms with Crippen molar-refractivity contribution in [1.82, 2.24) is 14.4 Å². The van der Waals surface area contributed by atoms with E-state index in [9.17, 15) is 14.3 Å². The minimum absolute atomic E-state index is 0. The molecule has 8 heteroatoms. The molecule has 0 aliphatic carbocycles. The first-order chi connectivity index (χ1) is 20.5. The van der Waals surface area contributed by atoms with Gasteiger partial charge in [0.2, 0.25) is 0 Å². The number of aliphatic hydroxyl groups excluding tert-OH is 1. The largest absolute Gasteiger partial charge is 0.512 e. The van der Waals surface area contributed by atoms with Crippen molar-refractivity contribution < 1.29 is 34.4 Å². The molecule has 0 aliphatic heterocycles. The van der Waals surface area contributed by atoms with E-state index >= 15 is 0 Å². The summed E-state index contributed by atoms with van der Waals surface area (Å²) in [6.07, 6.45) is 6.55. The summed E-state index contributed by atoms with van der Waals surface area (Å²) in [7, 11) is -1.58. The quantitative estimate of drug-likeness (QED) is 0.0418. The summed E-state index contributed by atoms with van der Waals surface area (Å²) in [4.78, 5) is 20.9. The fourth-order valence-electron chi connectivity index (χ4n) is 6.16. The molecule has 1 radical (unpaired) electrons. The van der Waals surface area contributed by atoms with Gasteiger partial charge >= 0.3 is 0 Å². The van der Waals surface area contributed by atoms with Gasteiger partial charge in [-0.05, 0) is 60.9 Å². The summed E-state index contributed by atoms with van der Waals surface area (Å²) >= 11 is 0. The number of carbonyl (C=O) groups excluding carboxylic acids is 1. The van der Waals surface area contributed by atoms with E-state index in [1.54, 1.807) is 12.4 Å². The van der Waals surface area contributed by atoms with Crippen LogP contribution >= 0.6 is 0 Å². The Morgan fingerprint density at radius 2 is 1.64 bits per heavy atom. The molecule has 6 rings (SSSR count). The van der Waals surface area contributed by atoms with Crippen molar-refractivity contribution >= 4 is 68.2 Å². The zero-order valence-electron chi connectivity index (χ0n) is 26.6. The molecule has 5 nitrogen and oxygen atoms in total. The van der Waals surface area contributed by atoms with E-state index in [4.69, 9.17) is 0 Å². The first-order valence-electron chi connectivity index (χ1n) is 15.4. The maximum Gasteiger partial charge on any atom is 0.162 e. The third-order valence-corrected chi connectivity index (χ3v) is 10.8. The number of aromatic nitrogens is 3. The van der Waals surface area contributed by atoms with Gasteiger partial charge in [-0.2, -0.15) is 0 Å². The van der Waals surface area contributed by atoms with Crippen LogP contribution in [0.15, 0.2) is 60.6 Å². The maximum absolute atomic E-state index is 14.2. The number of fused-ring (bicyclic) bond motifs is 5. The van der Waals surface area contributed by atoms with Gasteiger partial charge < -0.3 is 9.51 Å². The van der Waals surface area contributed by atoms with Crippen LogP contribution in [-0.2, 0) is 24.9 Å². The average Bonchev–Trinajstić information content (AvgIpc) is 3.31. The van der Waals surface area contributed by atoms with Crippen LogP contribution in [0.4, 0.5) is 4.39 Å². The molecule has 6 aromatic rings. The van der Waals surface area contributed by atoms with Gasteiger partial charge in [0.15, 0.2) is 5.78 Å². The van der Waals surface area contributed by atoms with E-state index in [1.807, 2.05) is 39.8 Å². The number of pyridine rings is 1. The molecule has 0 aliphatic rings. The van der Waals surface area contributed by atoms with Gasteiger partial charge in [0.05, 0.1) is 19.3 Å². The van der Waals surface area contributed by atoms with Gasteiger partial charge in [0, 0.05) is 60.0 Å². The Hall–Kier alpha value is -3.19. The number of halogens is 1. The number of nitrogens with zero attached hydrogens (tertiary/aromatic N) is 3. The molecule has 0 saturated heterocycles. The van der Waals surface area contributed by atoms with E-state index in [0.717, 1.165) is 74.8 Å². The predicted molar refractivity (Wildman–Crippen MR) is 180 cm³/mol. The summed E-state index contributed by atoms with van der Waals surface area (Å²) < 4.78 is 16.4. The molecule has 0 unspecified atom stereocenters. The molecule has 0 saturated carbocycles. The minimum Gasteiger partial charge on any atom is -0.512 e. The molecule has 3 heterocycles. The zero-order valence-corrected chi connectivity index (χ0v) is 30.0. The summed E-state index contributed by atoms with van der Waals surface area (Å²) in [5.41, 5.74) is 4.81. The second-order valence-electron chi connectivity index (χ2n) is 12.5. The third kappa shape index (κ3) is 6.04. The Balaban J connectivity index is 0.000000239. The van der Waals surface area contributed by atoms with Crippen molar-refractivity contribution in [2.45, 2.75) is 73.0 Å². The molecular formula is C36H41FIrN3O2Si-. The molecular weight excluding hydrogens is 746 g/mol. The van der Waals surface area contributed by atoms with Crippen LogP contribution in [0.2, 0.25) is 19.6 Å². The SMILES string of the molecule is CCC(CC)C(=O)/C=C(\O)C(CC)CC.C[Si](C)(C)c1cc2ncnc3c4[c-]ccc5c6ccc(F)cc6n(c(c1)c23)c45.[Ir]. The summed E-state index contributed by atoms with van der Waals surface area (Å²) in [6, 6.07) is 16.9. The van der Waals surface area contributed by atoms with Crippen molar-refractivity contribution in [2.24, 2.45) is 11.8 Å². The van der Waals surface area contributed by atoms with Crippen LogP contribution in [0.1, 0.15) is 53.4 Å². The van der Waals surface area contributed by atoms with Gasteiger partial charge in [-0.25, -0.2) is 9.37 Å². The first kappa shape index (κ1) is 33.7. The molecule has 0 fully saturated rings. The Labute approximate surface area is 273 Å².